The van der Waals surface area contributed by atoms with Crippen LogP contribution in [0, 0.1) is 5.92 Å². The fourth-order valence-electron chi connectivity index (χ4n) is 2.19. The fraction of sp³-hybridized carbons (Fsp3) is 0.500. The number of amides is 1. The van der Waals surface area contributed by atoms with Gasteiger partial charge in [0.15, 0.2) is 0 Å². The molecule has 0 saturated heterocycles. The van der Waals surface area contributed by atoms with Gasteiger partial charge in [-0.05, 0) is 37.5 Å². The smallest absolute Gasteiger partial charge is 0.224 e. The average Bonchev–Trinajstić information content (AvgIpc) is 2.94. The Morgan fingerprint density at radius 3 is 2.58 bits per heavy atom. The topological polar surface area (TPSA) is 83.8 Å². The average molecular weight is 393 g/mol. The van der Waals surface area contributed by atoms with Gasteiger partial charge in [-0.3, -0.25) is 4.79 Å². The number of aromatic amines is 1. The van der Waals surface area contributed by atoms with E-state index >= 15 is 0 Å². The van der Waals surface area contributed by atoms with E-state index in [1.165, 1.54) is 0 Å². The van der Waals surface area contributed by atoms with Crippen molar-refractivity contribution < 1.29 is 4.79 Å². The van der Waals surface area contributed by atoms with Crippen molar-refractivity contribution in [2.45, 2.75) is 32.4 Å². The second-order valence-electron chi connectivity index (χ2n) is 5.63. The molecule has 1 aromatic carbocycles. The first-order valence-electron chi connectivity index (χ1n) is 7.52. The summed E-state index contributed by atoms with van der Waals surface area (Å²) in [6.07, 6.45) is 2.89. The van der Waals surface area contributed by atoms with Gasteiger partial charge in [0.25, 0.3) is 0 Å². The summed E-state index contributed by atoms with van der Waals surface area (Å²) in [6.45, 7) is 3.70. The molecule has 24 heavy (non-hydrogen) atoms. The van der Waals surface area contributed by atoms with E-state index in [0.717, 1.165) is 29.0 Å². The standard InChI is InChI=1S/C16H24N4OS.2ClH/c1-10(11(2)17)16(21)20-14(8-9-22-3)15-18-12-6-4-5-7-13(12)19-15;;/h4-7,10-11,14H,8-9,17H2,1-3H3,(H,18,19)(H,20,21);2*1H. The second kappa shape index (κ2) is 10.8. The molecule has 2 rings (SSSR count). The highest BCUT2D eigenvalue weighted by Crippen LogP contribution is 2.20. The van der Waals surface area contributed by atoms with Crippen LogP contribution in [0.3, 0.4) is 0 Å². The minimum atomic E-state index is -0.221. The molecule has 1 amide bonds. The Morgan fingerprint density at radius 2 is 2.00 bits per heavy atom. The number of thioether (sulfide) groups is 1. The first-order chi connectivity index (χ1) is 10.5. The summed E-state index contributed by atoms with van der Waals surface area (Å²) in [5, 5.41) is 3.08. The SMILES string of the molecule is CSCCC(NC(=O)C(C)C(C)N)c1nc2ccccc2[nH]1.Cl.Cl. The van der Waals surface area contributed by atoms with Gasteiger partial charge in [0.1, 0.15) is 5.82 Å². The summed E-state index contributed by atoms with van der Waals surface area (Å²) in [7, 11) is 0. The zero-order chi connectivity index (χ0) is 16.1. The third-order valence-electron chi connectivity index (χ3n) is 3.87. The molecule has 0 saturated carbocycles. The number of H-pyrrole nitrogens is 1. The van der Waals surface area contributed by atoms with Crippen molar-refractivity contribution in [2.24, 2.45) is 11.7 Å². The van der Waals surface area contributed by atoms with Crippen molar-refractivity contribution in [3.8, 4) is 0 Å². The van der Waals surface area contributed by atoms with Crippen LogP contribution < -0.4 is 11.1 Å². The van der Waals surface area contributed by atoms with Gasteiger partial charge in [0.05, 0.1) is 17.1 Å². The Kier molecular flexibility index (Phi) is 10.4. The van der Waals surface area contributed by atoms with E-state index in [9.17, 15) is 4.79 Å². The molecule has 0 bridgehead atoms. The predicted molar refractivity (Wildman–Crippen MR) is 107 cm³/mol. The molecule has 0 spiro atoms. The van der Waals surface area contributed by atoms with E-state index in [2.05, 4.69) is 21.5 Å². The molecule has 0 radical (unpaired) electrons. The number of hydrogen-bond acceptors (Lipinski definition) is 4. The van der Waals surface area contributed by atoms with Gasteiger partial charge in [0, 0.05) is 12.0 Å². The van der Waals surface area contributed by atoms with Crippen LogP contribution in [0.1, 0.15) is 32.1 Å². The lowest BCUT2D eigenvalue weighted by Gasteiger charge is -2.21. The summed E-state index contributed by atoms with van der Waals surface area (Å²) in [5.41, 5.74) is 7.73. The number of carbonyl (C=O) groups is 1. The fourth-order valence-corrected chi connectivity index (χ4v) is 2.66. The number of para-hydroxylation sites is 2. The maximum absolute atomic E-state index is 12.3. The summed E-state index contributed by atoms with van der Waals surface area (Å²) in [4.78, 5) is 20.2. The van der Waals surface area contributed by atoms with Crippen molar-refractivity contribution >= 4 is 53.5 Å². The number of hydrogen-bond donors (Lipinski definition) is 3. The Bertz CT molecular complexity index is 602. The minimum absolute atomic E-state index is 0. The maximum atomic E-state index is 12.3. The lowest BCUT2D eigenvalue weighted by Crippen LogP contribution is -2.40. The van der Waals surface area contributed by atoms with Gasteiger partial charge < -0.3 is 16.0 Å². The molecule has 0 aliphatic carbocycles. The molecule has 8 heteroatoms. The highest BCUT2D eigenvalue weighted by atomic mass is 35.5. The van der Waals surface area contributed by atoms with Crippen molar-refractivity contribution in [1.82, 2.24) is 15.3 Å². The van der Waals surface area contributed by atoms with Crippen molar-refractivity contribution in [1.29, 1.82) is 0 Å². The van der Waals surface area contributed by atoms with Gasteiger partial charge in [-0.2, -0.15) is 11.8 Å². The van der Waals surface area contributed by atoms with Gasteiger partial charge in [0.2, 0.25) is 5.91 Å². The van der Waals surface area contributed by atoms with E-state index in [-0.39, 0.29) is 48.7 Å². The summed E-state index contributed by atoms with van der Waals surface area (Å²) < 4.78 is 0. The van der Waals surface area contributed by atoms with E-state index in [1.807, 2.05) is 38.1 Å². The van der Waals surface area contributed by atoms with Gasteiger partial charge >= 0.3 is 0 Å². The van der Waals surface area contributed by atoms with Crippen LogP contribution in [-0.2, 0) is 4.79 Å². The molecule has 1 heterocycles. The first-order valence-corrected chi connectivity index (χ1v) is 8.92. The Morgan fingerprint density at radius 1 is 1.33 bits per heavy atom. The maximum Gasteiger partial charge on any atom is 0.224 e. The van der Waals surface area contributed by atoms with Crippen LogP contribution in [0.5, 0.6) is 0 Å². The number of carbonyl (C=O) groups excluding carboxylic acids is 1. The number of nitrogens with two attached hydrogens (primary N) is 1. The van der Waals surface area contributed by atoms with Crippen molar-refractivity contribution in [2.75, 3.05) is 12.0 Å². The first kappa shape index (κ1) is 23.1. The highest BCUT2D eigenvalue weighted by Gasteiger charge is 2.23. The van der Waals surface area contributed by atoms with Crippen LogP contribution in [0.25, 0.3) is 11.0 Å². The number of rotatable bonds is 7. The van der Waals surface area contributed by atoms with E-state index in [1.54, 1.807) is 11.8 Å². The molecule has 2 aromatic rings. The number of imidazole rings is 1. The highest BCUT2D eigenvalue weighted by molar-refractivity contribution is 7.98. The van der Waals surface area contributed by atoms with Crippen LogP contribution in [0.2, 0.25) is 0 Å². The van der Waals surface area contributed by atoms with Gasteiger partial charge in [-0.15, -0.1) is 24.8 Å². The lowest BCUT2D eigenvalue weighted by molar-refractivity contribution is -0.125. The number of halogens is 2. The minimum Gasteiger partial charge on any atom is -0.346 e. The zero-order valence-corrected chi connectivity index (χ0v) is 16.6. The van der Waals surface area contributed by atoms with E-state index in [4.69, 9.17) is 5.73 Å². The molecule has 136 valence electrons. The third kappa shape index (κ3) is 5.84. The number of aromatic nitrogens is 2. The summed E-state index contributed by atoms with van der Waals surface area (Å²) in [5.74, 6) is 1.51. The Balaban J connectivity index is 0.00000264. The predicted octanol–water partition coefficient (Wildman–Crippen LogP) is 3.30. The summed E-state index contributed by atoms with van der Waals surface area (Å²) in [6, 6.07) is 7.60. The lowest BCUT2D eigenvalue weighted by atomic mass is 10.0. The second-order valence-corrected chi connectivity index (χ2v) is 6.62. The Labute approximate surface area is 159 Å². The van der Waals surface area contributed by atoms with Crippen LogP contribution in [0.4, 0.5) is 0 Å². The Hall–Kier alpha value is -0.950. The normalized spacial score (nSPS) is 14.2. The number of nitrogens with zero attached hydrogens (tertiary/aromatic N) is 1. The number of nitrogens with one attached hydrogen (secondary N) is 2. The molecule has 0 aliphatic heterocycles. The zero-order valence-electron chi connectivity index (χ0n) is 14.1. The third-order valence-corrected chi connectivity index (χ3v) is 4.51. The molecule has 0 fully saturated rings. The molecular weight excluding hydrogens is 367 g/mol. The van der Waals surface area contributed by atoms with Gasteiger partial charge in [-0.25, -0.2) is 4.98 Å². The van der Waals surface area contributed by atoms with Gasteiger partial charge in [-0.1, -0.05) is 19.1 Å². The van der Waals surface area contributed by atoms with E-state index in [0.29, 0.717) is 0 Å². The molecule has 3 atom stereocenters. The molecule has 3 unspecified atom stereocenters. The molecule has 0 aliphatic rings. The van der Waals surface area contributed by atoms with Crippen LogP contribution >= 0.6 is 36.6 Å². The summed E-state index contributed by atoms with van der Waals surface area (Å²) >= 11 is 1.76. The number of fused-ring (bicyclic) bond motifs is 1. The number of benzene rings is 1. The van der Waals surface area contributed by atoms with Crippen LogP contribution in [-0.4, -0.2) is 33.9 Å². The molecule has 4 N–H and O–H groups in total. The largest absolute Gasteiger partial charge is 0.346 e. The molecule has 1 aromatic heterocycles. The quantitative estimate of drug-likeness (QED) is 0.674. The molecule has 5 nitrogen and oxygen atoms in total. The van der Waals surface area contributed by atoms with Crippen molar-refractivity contribution in [3.63, 3.8) is 0 Å². The van der Waals surface area contributed by atoms with Crippen LogP contribution in [0.15, 0.2) is 24.3 Å². The van der Waals surface area contributed by atoms with Crippen molar-refractivity contribution in [3.05, 3.63) is 30.1 Å². The monoisotopic (exact) mass is 392 g/mol. The molecular formula is C16H26Cl2N4OS. The van der Waals surface area contributed by atoms with E-state index < -0.39 is 0 Å².